The molecule has 10 rings (SSSR count). The van der Waals surface area contributed by atoms with E-state index in [0.29, 0.717) is 45.1 Å². The van der Waals surface area contributed by atoms with Gasteiger partial charge in [-0.2, -0.15) is 15.3 Å². The monoisotopic (exact) mass is 867 g/mol. The first-order valence-corrected chi connectivity index (χ1v) is 21.7. The van der Waals surface area contributed by atoms with Crippen molar-refractivity contribution in [3.63, 3.8) is 0 Å². The molecule has 0 spiro atoms. The van der Waals surface area contributed by atoms with E-state index < -0.39 is 46.8 Å². The van der Waals surface area contributed by atoms with Gasteiger partial charge in [-0.15, -0.1) is 11.3 Å². The maximum atomic E-state index is 15.1. The topological polar surface area (TPSA) is 154 Å². The van der Waals surface area contributed by atoms with Crippen molar-refractivity contribution in [2.75, 3.05) is 28.8 Å². The zero-order chi connectivity index (χ0) is 43.4. The standard InChI is InChI=1S/C47H42ClN7O6S/c1-24-33-20-25(48)6-19-38(33)62-42(24)36-22-39(53(5)51-36)55-44(58)35-21-34-31(41(47(35,2)46(55)60)37-18-15-30(23-56)61-37)16-17-32-40(34)45(59)54(43(32)57)29-13-9-27(10-14-29)50-49-26-7-11-28(12-8-26)52(3)4/h6-16,18-20,22,32,34-35,40-41,56H,17,21,23H2,1-5H3. The molecule has 6 atom stereocenters. The van der Waals surface area contributed by atoms with Gasteiger partial charge in [0.05, 0.1) is 51.0 Å². The molecule has 2 aliphatic carbocycles. The van der Waals surface area contributed by atoms with Crippen molar-refractivity contribution in [3.8, 4) is 10.6 Å². The summed E-state index contributed by atoms with van der Waals surface area (Å²) in [5, 5.41) is 25.2. The molecule has 0 bridgehead atoms. The number of aryl methyl sites for hydroxylation is 2. The maximum Gasteiger partial charge on any atom is 0.242 e. The molecular weight excluding hydrogens is 826 g/mol. The van der Waals surface area contributed by atoms with E-state index in [4.69, 9.17) is 21.1 Å². The molecule has 6 unspecified atom stereocenters. The van der Waals surface area contributed by atoms with Crippen LogP contribution in [0.15, 0.2) is 111 Å². The molecule has 3 aromatic heterocycles. The lowest BCUT2D eigenvalue weighted by atomic mass is 9.52. The van der Waals surface area contributed by atoms with E-state index >= 15 is 4.79 Å². The second-order valence-electron chi connectivity index (χ2n) is 17.0. The second kappa shape index (κ2) is 14.7. The fraction of sp³-hybridized carbons (Fsp3) is 0.298. The van der Waals surface area contributed by atoms with Crippen LogP contribution in [0.3, 0.4) is 0 Å². The largest absolute Gasteiger partial charge is 0.463 e. The number of hydrogen-bond acceptors (Lipinski definition) is 11. The van der Waals surface area contributed by atoms with Crippen LogP contribution >= 0.6 is 22.9 Å². The molecular formula is C47H42ClN7O6S. The number of benzene rings is 3. The molecule has 13 nitrogen and oxygen atoms in total. The third-order valence-electron chi connectivity index (χ3n) is 13.4. The average molecular weight is 868 g/mol. The van der Waals surface area contributed by atoms with E-state index in [-0.39, 0.29) is 31.3 Å². The molecule has 62 heavy (non-hydrogen) atoms. The number of carbonyl (C=O) groups excluding carboxylic acids is 4. The van der Waals surface area contributed by atoms with Crippen LogP contribution in [0.5, 0.6) is 0 Å². The molecule has 3 fully saturated rings. The number of imide groups is 2. The number of carbonyl (C=O) groups is 4. The lowest BCUT2D eigenvalue weighted by Crippen LogP contribution is -2.48. The van der Waals surface area contributed by atoms with Crippen LogP contribution in [-0.2, 0) is 32.8 Å². The number of anilines is 3. The fourth-order valence-electron chi connectivity index (χ4n) is 10.2. The highest BCUT2D eigenvalue weighted by Crippen LogP contribution is 2.64. The van der Waals surface area contributed by atoms with Crippen LogP contribution in [0.2, 0.25) is 5.02 Å². The first-order valence-electron chi connectivity index (χ1n) is 20.5. The Labute approximate surface area is 365 Å². The first-order chi connectivity index (χ1) is 29.8. The van der Waals surface area contributed by atoms with Crippen LogP contribution < -0.4 is 14.7 Å². The van der Waals surface area contributed by atoms with Gasteiger partial charge in [0.25, 0.3) is 0 Å². The zero-order valence-electron chi connectivity index (χ0n) is 34.6. The summed E-state index contributed by atoms with van der Waals surface area (Å²) < 4.78 is 8.80. The van der Waals surface area contributed by atoms with Crippen molar-refractivity contribution in [2.24, 2.45) is 46.4 Å². The van der Waals surface area contributed by atoms with E-state index in [1.54, 1.807) is 72.5 Å². The SMILES string of the molecule is Cc1c(-c2cc(N3C(=O)C4CC5C(=CCC6C(=O)N(c7ccc(N=Nc8ccc(N(C)C)cc8)cc7)C(=O)C65)C(c5ccc(CO)o5)C4(C)C3=O)n(C)n2)sc2ccc(Cl)cc12. The van der Waals surface area contributed by atoms with Crippen LogP contribution in [0, 0.1) is 36.0 Å². The molecule has 3 aromatic carbocycles. The number of nitrogens with zero attached hydrogens (tertiary/aromatic N) is 7. The smallest absolute Gasteiger partial charge is 0.242 e. The molecule has 5 heterocycles. The molecule has 314 valence electrons. The lowest BCUT2D eigenvalue weighted by Gasteiger charge is -2.48. The Kier molecular flexibility index (Phi) is 9.46. The molecule has 4 amide bonds. The third kappa shape index (κ3) is 6.02. The van der Waals surface area contributed by atoms with Gasteiger partial charge in [-0.05, 0) is 122 Å². The Balaban J connectivity index is 0.977. The number of rotatable bonds is 8. The van der Waals surface area contributed by atoms with Crippen molar-refractivity contribution in [1.29, 1.82) is 0 Å². The number of azo groups is 1. The highest BCUT2D eigenvalue weighted by atomic mass is 35.5. The number of aliphatic hydroxyl groups is 1. The fourth-order valence-corrected chi connectivity index (χ4v) is 11.6. The van der Waals surface area contributed by atoms with E-state index in [9.17, 15) is 19.5 Å². The normalized spacial score (nSPS) is 24.6. The Morgan fingerprint density at radius 2 is 1.61 bits per heavy atom. The highest BCUT2D eigenvalue weighted by Gasteiger charge is 2.68. The molecule has 2 aliphatic heterocycles. The van der Waals surface area contributed by atoms with Gasteiger partial charge >= 0.3 is 0 Å². The zero-order valence-corrected chi connectivity index (χ0v) is 36.1. The van der Waals surface area contributed by atoms with Crippen molar-refractivity contribution in [3.05, 3.63) is 119 Å². The quantitative estimate of drug-likeness (QED) is 0.0903. The molecule has 4 aliphatic rings. The third-order valence-corrected chi connectivity index (χ3v) is 14.9. The Bertz CT molecular complexity index is 2910. The number of allylic oxidation sites excluding steroid dienone is 2. The van der Waals surface area contributed by atoms with Crippen LogP contribution in [-0.4, -0.2) is 52.6 Å². The van der Waals surface area contributed by atoms with Crippen LogP contribution in [0.4, 0.5) is 28.6 Å². The minimum atomic E-state index is -1.32. The summed E-state index contributed by atoms with van der Waals surface area (Å²) in [5.41, 5.74) is 3.78. The number of amides is 4. The molecule has 2 saturated heterocycles. The summed E-state index contributed by atoms with van der Waals surface area (Å²) in [4.78, 5) is 64.3. The second-order valence-corrected chi connectivity index (χ2v) is 18.5. The summed E-state index contributed by atoms with van der Waals surface area (Å²) in [7, 11) is 5.64. The van der Waals surface area contributed by atoms with Gasteiger partial charge < -0.3 is 14.4 Å². The predicted molar refractivity (Wildman–Crippen MR) is 237 cm³/mol. The molecule has 15 heteroatoms. The number of aromatic nitrogens is 2. The molecule has 6 aromatic rings. The first kappa shape index (κ1) is 39.9. The molecule has 1 N–H and O–H groups in total. The Morgan fingerprint density at radius 1 is 0.903 bits per heavy atom. The summed E-state index contributed by atoms with van der Waals surface area (Å²) in [6.45, 7) is 3.45. The maximum absolute atomic E-state index is 15.1. The highest BCUT2D eigenvalue weighted by molar-refractivity contribution is 7.22. The van der Waals surface area contributed by atoms with E-state index in [2.05, 4.69) is 10.2 Å². The summed E-state index contributed by atoms with van der Waals surface area (Å²) in [6.07, 6.45) is 2.43. The number of furan rings is 1. The number of aliphatic hydroxyl groups excluding tert-OH is 1. The summed E-state index contributed by atoms with van der Waals surface area (Å²) in [6, 6.07) is 25.4. The molecule has 1 saturated carbocycles. The van der Waals surface area contributed by atoms with Gasteiger partial charge in [-0.25, -0.2) is 4.90 Å². The van der Waals surface area contributed by atoms with Crippen molar-refractivity contribution >= 4 is 85.2 Å². The van der Waals surface area contributed by atoms with E-state index in [0.717, 1.165) is 31.8 Å². The van der Waals surface area contributed by atoms with Gasteiger partial charge in [-0.3, -0.25) is 28.8 Å². The van der Waals surface area contributed by atoms with Crippen LogP contribution in [0.25, 0.3) is 20.7 Å². The minimum absolute atomic E-state index is 0.178. The Morgan fingerprint density at radius 3 is 2.29 bits per heavy atom. The summed E-state index contributed by atoms with van der Waals surface area (Å²) in [5.74, 6) is -4.01. The number of hydrogen-bond donors (Lipinski definition) is 1. The van der Waals surface area contributed by atoms with Gasteiger partial charge in [0, 0.05) is 42.6 Å². The predicted octanol–water partition coefficient (Wildman–Crippen LogP) is 9.27. The van der Waals surface area contributed by atoms with Crippen molar-refractivity contribution in [2.45, 2.75) is 39.2 Å². The van der Waals surface area contributed by atoms with Gasteiger partial charge in [0.1, 0.15) is 29.6 Å². The number of halogens is 1. The molecule has 0 radical (unpaired) electrons. The number of thiophene rings is 1. The van der Waals surface area contributed by atoms with E-state index in [1.807, 2.05) is 74.5 Å². The van der Waals surface area contributed by atoms with Crippen molar-refractivity contribution in [1.82, 2.24) is 9.78 Å². The lowest BCUT2D eigenvalue weighted by molar-refractivity contribution is -0.131. The van der Waals surface area contributed by atoms with Gasteiger partial charge in [-0.1, -0.05) is 23.3 Å². The Hall–Kier alpha value is -6.22. The summed E-state index contributed by atoms with van der Waals surface area (Å²) >= 11 is 7.89. The van der Waals surface area contributed by atoms with Crippen LogP contribution in [0.1, 0.15) is 42.8 Å². The van der Waals surface area contributed by atoms with Gasteiger partial charge in [0.2, 0.25) is 23.6 Å². The van der Waals surface area contributed by atoms with E-state index in [1.165, 1.54) is 9.80 Å². The average Bonchev–Trinajstić information content (AvgIpc) is 4.06. The minimum Gasteiger partial charge on any atom is -0.463 e. The van der Waals surface area contributed by atoms with Crippen molar-refractivity contribution < 1.29 is 28.7 Å². The van der Waals surface area contributed by atoms with Gasteiger partial charge in [0.15, 0.2) is 0 Å². The number of fused-ring (bicyclic) bond motifs is 5.